The Kier molecular flexibility index (Phi) is 9.96. The third kappa shape index (κ3) is 8.16. The van der Waals surface area contributed by atoms with Gasteiger partial charge in [0.05, 0.1) is 12.0 Å². The van der Waals surface area contributed by atoms with Crippen LogP contribution in [0.1, 0.15) is 108 Å². The molecule has 0 radical (unpaired) electrons. The summed E-state index contributed by atoms with van der Waals surface area (Å²) < 4.78 is 101. The molecule has 8 heteroatoms. The Bertz CT molecular complexity index is 948. The minimum atomic E-state index is -4.71. The van der Waals surface area contributed by atoms with E-state index in [0.29, 0.717) is 43.1 Å². The normalized spacial score (nSPS) is 31.2. The van der Waals surface area contributed by atoms with E-state index in [1.165, 1.54) is 50.7 Å². The monoisotopic (exact) mass is 562 g/mol. The first-order valence-electron chi connectivity index (χ1n) is 14.8. The smallest absolute Gasteiger partial charge is 0.412 e. The van der Waals surface area contributed by atoms with E-state index < -0.39 is 35.8 Å². The van der Waals surface area contributed by atoms with Crippen molar-refractivity contribution in [2.24, 2.45) is 29.6 Å². The predicted octanol–water partition coefficient (Wildman–Crippen LogP) is 10.9. The van der Waals surface area contributed by atoms with E-state index in [1.54, 1.807) is 0 Å². The summed E-state index contributed by atoms with van der Waals surface area (Å²) in [6.45, 7) is 2.22. The Morgan fingerprint density at radius 3 is 1.97 bits per heavy atom. The molecule has 220 valence electrons. The second kappa shape index (κ2) is 12.8. The average Bonchev–Trinajstić information content (AvgIpc) is 2.88. The van der Waals surface area contributed by atoms with Gasteiger partial charge in [0, 0.05) is 12.0 Å². The first-order chi connectivity index (χ1) is 18.4. The Morgan fingerprint density at radius 2 is 1.44 bits per heavy atom. The standard InChI is InChI=1S/C31H41F7O/c1-2-3-20-4-6-21(7-5-20)22-12-14-25(15-13-22)31(37,38)39-26-16-17-27(28(32)18-26)23-8-10-24(11-9-23)29(33)19-30(34,35)36/h16-25H,2-15H2,1H3. The second-order valence-corrected chi connectivity index (χ2v) is 12.1. The fraction of sp³-hybridized carbons (Fsp3) is 0.742. The third-order valence-corrected chi connectivity index (χ3v) is 9.59. The summed E-state index contributed by atoms with van der Waals surface area (Å²) in [6.07, 6.45) is 2.36. The van der Waals surface area contributed by atoms with Gasteiger partial charge >= 0.3 is 12.3 Å². The third-order valence-electron chi connectivity index (χ3n) is 9.59. The fourth-order valence-corrected chi connectivity index (χ4v) is 7.38. The molecule has 1 aromatic carbocycles. The zero-order valence-electron chi connectivity index (χ0n) is 22.7. The lowest BCUT2D eigenvalue weighted by Gasteiger charge is -2.39. The van der Waals surface area contributed by atoms with Crippen LogP contribution in [0.25, 0.3) is 0 Å². The molecule has 0 amide bonds. The van der Waals surface area contributed by atoms with Crippen LogP contribution in [0.2, 0.25) is 0 Å². The number of hydrogen-bond donors (Lipinski definition) is 0. The molecule has 4 rings (SSSR count). The molecular weight excluding hydrogens is 521 g/mol. The highest BCUT2D eigenvalue weighted by Gasteiger charge is 2.45. The van der Waals surface area contributed by atoms with Gasteiger partial charge in [-0.2, -0.15) is 22.0 Å². The quantitative estimate of drug-likeness (QED) is 0.286. The number of halogens is 7. The van der Waals surface area contributed by atoms with E-state index >= 15 is 8.78 Å². The van der Waals surface area contributed by atoms with Crippen molar-refractivity contribution in [2.75, 3.05) is 0 Å². The molecule has 0 unspecified atom stereocenters. The lowest BCUT2D eigenvalue weighted by atomic mass is 9.68. The highest BCUT2D eigenvalue weighted by molar-refractivity contribution is 5.32. The molecule has 3 aliphatic carbocycles. The number of allylic oxidation sites excluding steroid dienone is 2. The maximum atomic E-state index is 15.1. The summed E-state index contributed by atoms with van der Waals surface area (Å²) in [7, 11) is 0. The molecule has 0 bridgehead atoms. The zero-order valence-corrected chi connectivity index (χ0v) is 22.7. The zero-order chi connectivity index (χ0) is 28.2. The van der Waals surface area contributed by atoms with Gasteiger partial charge in [0.1, 0.15) is 17.4 Å². The minimum Gasteiger partial charge on any atom is -0.432 e. The van der Waals surface area contributed by atoms with Gasteiger partial charge < -0.3 is 4.74 Å². The van der Waals surface area contributed by atoms with Crippen LogP contribution in [0, 0.1) is 35.4 Å². The molecule has 3 fully saturated rings. The summed E-state index contributed by atoms with van der Waals surface area (Å²) in [6, 6.07) is 3.72. The molecule has 3 aliphatic rings. The lowest BCUT2D eigenvalue weighted by Crippen LogP contribution is -2.38. The van der Waals surface area contributed by atoms with E-state index in [0.717, 1.165) is 24.8 Å². The number of alkyl halides is 5. The van der Waals surface area contributed by atoms with Crippen molar-refractivity contribution in [3.05, 3.63) is 41.5 Å². The first kappa shape index (κ1) is 30.2. The van der Waals surface area contributed by atoms with Crippen molar-refractivity contribution in [1.82, 2.24) is 0 Å². The van der Waals surface area contributed by atoms with Crippen molar-refractivity contribution in [2.45, 2.75) is 115 Å². The van der Waals surface area contributed by atoms with Crippen LogP contribution >= 0.6 is 0 Å². The molecule has 1 aromatic rings. The average molecular weight is 563 g/mol. The van der Waals surface area contributed by atoms with E-state index in [2.05, 4.69) is 6.92 Å². The molecule has 3 saturated carbocycles. The Morgan fingerprint density at radius 1 is 0.846 bits per heavy atom. The largest absolute Gasteiger partial charge is 0.432 e. The molecule has 39 heavy (non-hydrogen) atoms. The fourth-order valence-electron chi connectivity index (χ4n) is 7.38. The minimum absolute atomic E-state index is 0.168. The van der Waals surface area contributed by atoms with E-state index in [9.17, 15) is 22.0 Å². The van der Waals surface area contributed by atoms with Crippen LogP contribution in [0.5, 0.6) is 5.75 Å². The van der Waals surface area contributed by atoms with Crippen molar-refractivity contribution in [3.63, 3.8) is 0 Å². The highest BCUT2D eigenvalue weighted by Crippen LogP contribution is 2.46. The van der Waals surface area contributed by atoms with Gasteiger partial charge in [-0.1, -0.05) is 38.7 Å². The van der Waals surface area contributed by atoms with Gasteiger partial charge in [-0.15, -0.1) is 0 Å². The summed E-state index contributed by atoms with van der Waals surface area (Å²) >= 11 is 0. The first-order valence-corrected chi connectivity index (χ1v) is 14.8. The molecule has 1 nitrogen and oxygen atoms in total. The van der Waals surface area contributed by atoms with Crippen LogP contribution in [-0.2, 0) is 0 Å². The number of hydrogen-bond acceptors (Lipinski definition) is 1. The van der Waals surface area contributed by atoms with Gasteiger partial charge in [0.15, 0.2) is 0 Å². The number of ether oxygens (including phenoxy) is 1. The van der Waals surface area contributed by atoms with Crippen LogP contribution in [0.4, 0.5) is 30.7 Å². The summed E-state index contributed by atoms with van der Waals surface area (Å²) in [4.78, 5) is 0. The molecular formula is C31H41F7O. The molecule has 0 aliphatic heterocycles. The summed E-state index contributed by atoms with van der Waals surface area (Å²) in [5, 5.41) is 0. The van der Waals surface area contributed by atoms with Gasteiger partial charge in [-0.3, -0.25) is 0 Å². The highest BCUT2D eigenvalue weighted by atomic mass is 19.4. The van der Waals surface area contributed by atoms with Crippen LogP contribution in [0.3, 0.4) is 0 Å². The van der Waals surface area contributed by atoms with E-state index in [1.807, 2.05) is 0 Å². The maximum absolute atomic E-state index is 15.1. The van der Waals surface area contributed by atoms with Crippen molar-refractivity contribution in [1.29, 1.82) is 0 Å². The van der Waals surface area contributed by atoms with Crippen LogP contribution in [-0.4, -0.2) is 12.3 Å². The molecule has 0 heterocycles. The topological polar surface area (TPSA) is 9.23 Å². The van der Waals surface area contributed by atoms with Crippen LogP contribution < -0.4 is 4.74 Å². The van der Waals surface area contributed by atoms with Crippen molar-refractivity contribution < 1.29 is 35.5 Å². The molecule has 0 N–H and O–H groups in total. The summed E-state index contributed by atoms with van der Waals surface area (Å²) in [5.74, 6) is -2.17. The van der Waals surface area contributed by atoms with Crippen molar-refractivity contribution >= 4 is 0 Å². The Hall–Kier alpha value is -1.73. The number of benzene rings is 1. The summed E-state index contributed by atoms with van der Waals surface area (Å²) in [5.41, 5.74) is 0.304. The Labute approximate surface area is 227 Å². The van der Waals surface area contributed by atoms with Crippen molar-refractivity contribution in [3.8, 4) is 5.75 Å². The maximum Gasteiger partial charge on any atom is 0.412 e. The molecule has 0 aromatic heterocycles. The van der Waals surface area contributed by atoms with E-state index in [-0.39, 0.29) is 30.6 Å². The van der Waals surface area contributed by atoms with Crippen LogP contribution in [0.15, 0.2) is 30.1 Å². The predicted molar refractivity (Wildman–Crippen MR) is 138 cm³/mol. The molecule has 0 atom stereocenters. The Balaban J connectivity index is 1.27. The number of rotatable bonds is 8. The molecule has 0 spiro atoms. The molecule has 0 saturated heterocycles. The van der Waals surface area contributed by atoms with Gasteiger partial charge in [0.25, 0.3) is 0 Å². The van der Waals surface area contributed by atoms with Gasteiger partial charge in [0.2, 0.25) is 0 Å². The second-order valence-electron chi connectivity index (χ2n) is 12.1. The SMILES string of the molecule is CCCC1CCC(C2CCC(C(F)(F)Oc3ccc(C4CCC(C(F)=CC(F)(F)F)CC4)c(F)c3)CC2)CC1. The lowest BCUT2D eigenvalue weighted by molar-refractivity contribution is -0.224. The van der Waals surface area contributed by atoms with Gasteiger partial charge in [-0.25, -0.2) is 8.78 Å². The van der Waals surface area contributed by atoms with E-state index in [4.69, 9.17) is 4.74 Å². The van der Waals surface area contributed by atoms with Gasteiger partial charge in [-0.05, 0) is 99.5 Å².